The van der Waals surface area contributed by atoms with Crippen LogP contribution in [0.1, 0.15) is 20.9 Å². The molecule has 3 aromatic rings. The van der Waals surface area contributed by atoms with Crippen LogP contribution in [0.2, 0.25) is 0 Å². The van der Waals surface area contributed by atoms with E-state index < -0.39 is 10.0 Å². The number of carbonyl (C=O) groups excluding carboxylic acids is 1. The molecule has 0 radical (unpaired) electrons. The number of hydrogen-bond donors (Lipinski definition) is 1. The maximum Gasteiger partial charge on any atom is 0.260 e. The van der Waals surface area contributed by atoms with Gasteiger partial charge in [-0.15, -0.1) is 11.3 Å². The van der Waals surface area contributed by atoms with E-state index in [1.54, 1.807) is 12.1 Å². The van der Waals surface area contributed by atoms with E-state index in [-0.39, 0.29) is 17.3 Å². The molecule has 0 unspecified atom stereocenters. The van der Waals surface area contributed by atoms with Crippen LogP contribution in [0.25, 0.3) is 0 Å². The van der Waals surface area contributed by atoms with E-state index in [0.717, 1.165) is 10.6 Å². The van der Waals surface area contributed by atoms with Crippen molar-refractivity contribution >= 4 is 32.4 Å². The minimum absolute atomic E-state index is 0.160. The monoisotopic (exact) mass is 447 g/mol. The van der Waals surface area contributed by atoms with Crippen LogP contribution in [0.3, 0.4) is 0 Å². The summed E-state index contributed by atoms with van der Waals surface area (Å²) in [5.74, 6) is 0.652. The molecular formula is C19H17N3O6S2. The molecule has 0 saturated heterocycles. The summed E-state index contributed by atoms with van der Waals surface area (Å²) in [6, 6.07) is 6.21. The number of hydrogen-bond acceptors (Lipinski definition) is 8. The first kappa shape index (κ1) is 19.1. The van der Waals surface area contributed by atoms with Crippen LogP contribution in [-0.4, -0.2) is 43.4 Å². The van der Waals surface area contributed by atoms with Crippen LogP contribution in [0, 0.1) is 0 Å². The van der Waals surface area contributed by atoms with Gasteiger partial charge in [0.15, 0.2) is 16.6 Å². The number of ether oxygens (including phenoxy) is 2. The fourth-order valence-electron chi connectivity index (χ4n) is 3.33. The van der Waals surface area contributed by atoms with Crippen molar-refractivity contribution in [3.8, 4) is 11.5 Å². The Balaban J connectivity index is 1.35. The molecule has 1 amide bonds. The zero-order valence-corrected chi connectivity index (χ0v) is 17.3. The highest BCUT2D eigenvalue weighted by molar-refractivity contribution is 7.89. The van der Waals surface area contributed by atoms with Gasteiger partial charge in [-0.2, -0.15) is 4.31 Å². The Morgan fingerprint density at radius 1 is 1.17 bits per heavy atom. The van der Waals surface area contributed by atoms with Gasteiger partial charge in [0.25, 0.3) is 5.91 Å². The zero-order chi connectivity index (χ0) is 20.7. The normalized spacial score (nSPS) is 16.1. The number of aromatic nitrogens is 1. The van der Waals surface area contributed by atoms with Crippen molar-refractivity contribution in [2.75, 3.05) is 25.1 Å². The van der Waals surface area contributed by atoms with Gasteiger partial charge in [-0.05, 0) is 18.2 Å². The molecule has 0 spiro atoms. The molecule has 0 saturated carbocycles. The van der Waals surface area contributed by atoms with Gasteiger partial charge in [-0.1, -0.05) is 0 Å². The molecule has 11 heteroatoms. The quantitative estimate of drug-likeness (QED) is 0.654. The summed E-state index contributed by atoms with van der Waals surface area (Å²) < 4.78 is 43.6. The number of sulfonamides is 1. The van der Waals surface area contributed by atoms with Gasteiger partial charge in [-0.25, -0.2) is 13.4 Å². The number of nitrogens with zero attached hydrogens (tertiary/aromatic N) is 2. The first-order valence-electron chi connectivity index (χ1n) is 9.22. The van der Waals surface area contributed by atoms with Crippen molar-refractivity contribution in [3.05, 3.63) is 52.9 Å². The van der Waals surface area contributed by atoms with Crippen molar-refractivity contribution in [1.29, 1.82) is 0 Å². The van der Waals surface area contributed by atoms with E-state index in [4.69, 9.17) is 13.9 Å². The fraction of sp³-hybridized carbons (Fsp3) is 0.263. The minimum atomic E-state index is -3.71. The van der Waals surface area contributed by atoms with Gasteiger partial charge in [0.1, 0.15) is 19.5 Å². The molecule has 2 aromatic heterocycles. The second-order valence-corrected chi connectivity index (χ2v) is 9.77. The van der Waals surface area contributed by atoms with Gasteiger partial charge >= 0.3 is 0 Å². The van der Waals surface area contributed by atoms with E-state index in [9.17, 15) is 13.2 Å². The molecule has 1 aromatic carbocycles. The Hall–Kier alpha value is -2.89. The first-order chi connectivity index (χ1) is 14.5. The fourth-order valence-corrected chi connectivity index (χ4v) is 5.85. The molecule has 4 heterocycles. The summed E-state index contributed by atoms with van der Waals surface area (Å²) in [5.41, 5.74) is 1.20. The maximum absolute atomic E-state index is 13.2. The van der Waals surface area contributed by atoms with E-state index in [1.807, 2.05) is 0 Å². The molecule has 0 aliphatic carbocycles. The van der Waals surface area contributed by atoms with E-state index in [1.165, 1.54) is 40.3 Å². The van der Waals surface area contributed by atoms with Crippen LogP contribution in [0.5, 0.6) is 11.5 Å². The van der Waals surface area contributed by atoms with Gasteiger partial charge in [0.2, 0.25) is 10.0 Å². The Labute approximate surface area is 176 Å². The minimum Gasteiger partial charge on any atom is -0.486 e. The number of amides is 1. The molecule has 0 atom stereocenters. The Morgan fingerprint density at radius 2 is 2.00 bits per heavy atom. The predicted molar refractivity (Wildman–Crippen MR) is 108 cm³/mol. The summed E-state index contributed by atoms with van der Waals surface area (Å²) in [5, 5.41) is 3.17. The Bertz CT molecular complexity index is 1200. The number of rotatable bonds is 4. The van der Waals surface area contributed by atoms with Gasteiger partial charge < -0.3 is 13.9 Å². The summed E-state index contributed by atoms with van der Waals surface area (Å²) in [6.07, 6.45) is 3.24. The summed E-state index contributed by atoms with van der Waals surface area (Å²) in [7, 11) is -3.71. The van der Waals surface area contributed by atoms with Crippen molar-refractivity contribution < 1.29 is 27.1 Å². The summed E-state index contributed by atoms with van der Waals surface area (Å²) in [4.78, 5) is 17.6. The van der Waals surface area contributed by atoms with Gasteiger partial charge in [-0.3, -0.25) is 10.1 Å². The number of benzene rings is 1. The molecular weight excluding hydrogens is 430 g/mol. The molecule has 2 aliphatic rings. The zero-order valence-electron chi connectivity index (χ0n) is 15.7. The summed E-state index contributed by atoms with van der Waals surface area (Å²) in [6.45, 7) is 1.34. The highest BCUT2D eigenvalue weighted by atomic mass is 32.2. The lowest BCUT2D eigenvalue weighted by molar-refractivity contribution is 0.102. The highest BCUT2D eigenvalue weighted by Crippen LogP contribution is 2.35. The molecule has 2 aliphatic heterocycles. The number of nitrogens with one attached hydrogen (secondary N) is 1. The Morgan fingerprint density at radius 3 is 2.80 bits per heavy atom. The maximum atomic E-state index is 13.2. The third kappa shape index (κ3) is 3.44. The average Bonchev–Trinajstić information content (AvgIpc) is 3.42. The third-order valence-corrected chi connectivity index (χ3v) is 7.69. The molecule has 0 fully saturated rings. The van der Waals surface area contributed by atoms with Crippen LogP contribution >= 0.6 is 11.3 Å². The van der Waals surface area contributed by atoms with E-state index >= 15 is 0 Å². The molecule has 156 valence electrons. The molecule has 9 nitrogen and oxygen atoms in total. The lowest BCUT2D eigenvalue weighted by Gasteiger charge is -2.26. The van der Waals surface area contributed by atoms with Crippen LogP contribution in [0.4, 0.5) is 5.13 Å². The van der Waals surface area contributed by atoms with Gasteiger partial charge in [0.05, 0.1) is 29.0 Å². The smallest absolute Gasteiger partial charge is 0.260 e. The average molecular weight is 447 g/mol. The molecule has 1 N–H and O–H groups in total. The number of thiazole rings is 1. The van der Waals surface area contributed by atoms with Crippen molar-refractivity contribution in [1.82, 2.24) is 9.29 Å². The lowest BCUT2D eigenvalue weighted by Crippen LogP contribution is -2.35. The number of fused-ring (bicyclic) bond motifs is 2. The number of furan rings is 1. The number of anilines is 1. The standard InChI is InChI=1S/C19H17N3O6S2/c23-18(12-4-6-26-11-12)21-19-20-14-3-5-22(10-17(14)29-19)30(24,25)13-1-2-15-16(9-13)28-8-7-27-15/h1-2,4,6,9,11H,3,5,7-8,10H2,(H,20,21,23). The first-order valence-corrected chi connectivity index (χ1v) is 11.5. The largest absolute Gasteiger partial charge is 0.486 e. The lowest BCUT2D eigenvalue weighted by atomic mass is 10.2. The second kappa shape index (κ2) is 7.42. The van der Waals surface area contributed by atoms with Crippen molar-refractivity contribution in [2.45, 2.75) is 17.9 Å². The SMILES string of the molecule is O=C(Nc1nc2c(s1)CN(S(=O)(=O)c1ccc3c(c1)OCCO3)CC2)c1ccoc1. The molecule has 30 heavy (non-hydrogen) atoms. The third-order valence-electron chi connectivity index (χ3n) is 4.85. The van der Waals surface area contributed by atoms with Crippen LogP contribution in [0.15, 0.2) is 46.1 Å². The second-order valence-electron chi connectivity index (χ2n) is 6.75. The molecule has 5 rings (SSSR count). The molecule has 0 bridgehead atoms. The van der Waals surface area contributed by atoms with E-state index in [2.05, 4.69) is 10.3 Å². The highest BCUT2D eigenvalue weighted by Gasteiger charge is 2.31. The Kier molecular flexibility index (Phi) is 4.72. The number of carbonyl (C=O) groups is 1. The summed E-state index contributed by atoms with van der Waals surface area (Å²) >= 11 is 1.27. The predicted octanol–water partition coefficient (Wildman–Crippen LogP) is 2.51. The van der Waals surface area contributed by atoms with Gasteiger partial charge in [0, 0.05) is 23.9 Å². The van der Waals surface area contributed by atoms with Crippen LogP contribution in [-0.2, 0) is 23.0 Å². The van der Waals surface area contributed by atoms with Crippen molar-refractivity contribution in [3.63, 3.8) is 0 Å². The van der Waals surface area contributed by atoms with Crippen LogP contribution < -0.4 is 14.8 Å². The van der Waals surface area contributed by atoms with E-state index in [0.29, 0.717) is 48.4 Å². The topological polar surface area (TPSA) is 111 Å². The van der Waals surface area contributed by atoms with Crippen molar-refractivity contribution in [2.24, 2.45) is 0 Å².